The predicted molar refractivity (Wildman–Crippen MR) is 96.1 cm³/mol. The maximum atomic E-state index is 12.5. The van der Waals surface area contributed by atoms with Crippen LogP contribution < -0.4 is 16.4 Å². The van der Waals surface area contributed by atoms with E-state index in [0.717, 1.165) is 12.8 Å². The first kappa shape index (κ1) is 18.6. The summed E-state index contributed by atoms with van der Waals surface area (Å²) in [5.74, 6) is -1.00. The van der Waals surface area contributed by atoms with Gasteiger partial charge in [-0.05, 0) is 26.3 Å². The quantitative estimate of drug-likeness (QED) is 0.813. The van der Waals surface area contributed by atoms with Crippen LogP contribution in [0.25, 0.3) is 10.8 Å². The predicted octanol–water partition coefficient (Wildman–Crippen LogP) is 2.17. The Bertz CT molecular complexity index is 842. The van der Waals surface area contributed by atoms with Crippen LogP contribution in [0.2, 0.25) is 0 Å². The number of carbonyl (C=O) groups is 2. The molecule has 1 aromatic heterocycles. The van der Waals surface area contributed by atoms with Gasteiger partial charge < -0.3 is 0 Å². The minimum absolute atomic E-state index is 0.104. The molecule has 0 saturated heterocycles. The van der Waals surface area contributed by atoms with Gasteiger partial charge in [0.1, 0.15) is 0 Å². The van der Waals surface area contributed by atoms with E-state index in [9.17, 15) is 14.4 Å². The summed E-state index contributed by atoms with van der Waals surface area (Å²) in [6, 6.07) is 6.62. The van der Waals surface area contributed by atoms with Crippen LogP contribution in [0, 0.1) is 5.92 Å². The second-order valence-electron chi connectivity index (χ2n) is 6.37. The van der Waals surface area contributed by atoms with Crippen molar-refractivity contribution in [2.45, 2.75) is 46.6 Å². The van der Waals surface area contributed by atoms with Crippen molar-refractivity contribution in [3.05, 3.63) is 40.3 Å². The molecule has 7 heteroatoms. The first-order chi connectivity index (χ1) is 11.9. The number of carbonyl (C=O) groups excluding carboxylic acids is 2. The minimum atomic E-state index is -0.553. The molecule has 2 N–H and O–H groups in total. The number of hydrazine groups is 1. The Morgan fingerprint density at radius 1 is 1.12 bits per heavy atom. The Labute approximate surface area is 146 Å². The first-order valence-corrected chi connectivity index (χ1v) is 8.48. The van der Waals surface area contributed by atoms with Crippen LogP contribution in [0.3, 0.4) is 0 Å². The van der Waals surface area contributed by atoms with E-state index in [1.54, 1.807) is 31.2 Å². The van der Waals surface area contributed by atoms with E-state index in [-0.39, 0.29) is 29.1 Å². The molecule has 0 aliphatic rings. The van der Waals surface area contributed by atoms with Crippen molar-refractivity contribution in [3.63, 3.8) is 0 Å². The van der Waals surface area contributed by atoms with Crippen LogP contribution in [0.5, 0.6) is 0 Å². The van der Waals surface area contributed by atoms with Crippen LogP contribution in [0.1, 0.15) is 57.1 Å². The van der Waals surface area contributed by atoms with Crippen molar-refractivity contribution in [3.8, 4) is 0 Å². The molecule has 25 heavy (non-hydrogen) atoms. The van der Waals surface area contributed by atoms with Gasteiger partial charge in [0, 0.05) is 11.3 Å². The molecule has 1 atom stereocenters. The lowest BCUT2D eigenvalue weighted by Crippen LogP contribution is -2.45. The molecule has 0 aliphatic heterocycles. The number of benzene rings is 1. The fourth-order valence-corrected chi connectivity index (χ4v) is 2.59. The zero-order valence-electron chi connectivity index (χ0n) is 15.0. The van der Waals surface area contributed by atoms with Crippen molar-refractivity contribution in [1.82, 2.24) is 20.6 Å². The molecule has 2 aromatic rings. The van der Waals surface area contributed by atoms with Gasteiger partial charge in [0.2, 0.25) is 5.91 Å². The molecule has 0 fully saturated rings. The van der Waals surface area contributed by atoms with Crippen molar-refractivity contribution in [1.29, 1.82) is 0 Å². The van der Waals surface area contributed by atoms with Crippen molar-refractivity contribution >= 4 is 22.6 Å². The van der Waals surface area contributed by atoms with E-state index in [1.165, 1.54) is 4.68 Å². The van der Waals surface area contributed by atoms with Gasteiger partial charge in [-0.3, -0.25) is 25.2 Å². The number of nitrogens with zero attached hydrogens (tertiary/aromatic N) is 2. The van der Waals surface area contributed by atoms with E-state index in [1.807, 2.05) is 20.8 Å². The summed E-state index contributed by atoms with van der Waals surface area (Å²) >= 11 is 0. The lowest BCUT2D eigenvalue weighted by atomic mass is 10.1. The molecule has 7 nitrogen and oxygen atoms in total. The van der Waals surface area contributed by atoms with Crippen LogP contribution in [-0.2, 0) is 4.79 Å². The highest BCUT2D eigenvalue weighted by Gasteiger charge is 2.19. The number of fused-ring (bicyclic) bond motifs is 1. The maximum absolute atomic E-state index is 12.5. The average molecular weight is 344 g/mol. The Morgan fingerprint density at radius 2 is 1.76 bits per heavy atom. The van der Waals surface area contributed by atoms with E-state index in [4.69, 9.17) is 0 Å². The number of rotatable bonds is 5. The standard InChI is InChI=1S/C18H24N4O3/c1-5-8-12(4)16(23)19-20-17(24)15-13-9-6-7-10-14(13)18(25)22(21-15)11(2)3/h6-7,9-12H,5,8H2,1-4H3,(H,19,23)(H,20,24). The smallest absolute Gasteiger partial charge is 0.273 e. The lowest BCUT2D eigenvalue weighted by molar-refractivity contribution is -0.125. The van der Waals surface area contributed by atoms with Gasteiger partial charge in [0.05, 0.1) is 11.4 Å². The summed E-state index contributed by atoms with van der Waals surface area (Å²) in [5, 5.41) is 5.07. The third-order valence-corrected chi connectivity index (χ3v) is 4.00. The van der Waals surface area contributed by atoms with Gasteiger partial charge in [-0.1, -0.05) is 38.5 Å². The molecule has 0 spiro atoms. The fraction of sp³-hybridized carbons (Fsp3) is 0.444. The van der Waals surface area contributed by atoms with Gasteiger partial charge in [0.15, 0.2) is 5.69 Å². The van der Waals surface area contributed by atoms with Crippen molar-refractivity contribution < 1.29 is 9.59 Å². The largest absolute Gasteiger partial charge is 0.290 e. The van der Waals surface area contributed by atoms with Crippen molar-refractivity contribution in [2.75, 3.05) is 0 Å². The first-order valence-electron chi connectivity index (χ1n) is 8.48. The Kier molecular flexibility index (Phi) is 5.90. The average Bonchev–Trinajstić information content (AvgIpc) is 2.59. The highest BCUT2D eigenvalue weighted by molar-refractivity contribution is 6.05. The lowest BCUT2D eigenvalue weighted by Gasteiger charge is -2.15. The molecule has 1 heterocycles. The Balaban J connectivity index is 2.33. The van der Waals surface area contributed by atoms with Gasteiger partial charge in [0.25, 0.3) is 11.5 Å². The molecular weight excluding hydrogens is 320 g/mol. The van der Waals surface area contributed by atoms with Crippen LogP contribution >= 0.6 is 0 Å². The summed E-state index contributed by atoms with van der Waals surface area (Å²) in [6.45, 7) is 7.43. The number of hydrogen-bond donors (Lipinski definition) is 2. The summed E-state index contributed by atoms with van der Waals surface area (Å²) in [6.07, 6.45) is 1.62. The normalized spacial score (nSPS) is 12.2. The summed E-state index contributed by atoms with van der Waals surface area (Å²) in [7, 11) is 0. The summed E-state index contributed by atoms with van der Waals surface area (Å²) in [4.78, 5) is 37.0. The molecule has 134 valence electrons. The van der Waals surface area contributed by atoms with E-state index in [2.05, 4.69) is 16.0 Å². The highest BCUT2D eigenvalue weighted by Crippen LogP contribution is 2.14. The number of amides is 2. The molecule has 1 unspecified atom stereocenters. The van der Waals surface area contributed by atoms with Crippen LogP contribution in [0.15, 0.2) is 29.1 Å². The van der Waals surface area contributed by atoms with E-state index < -0.39 is 5.91 Å². The van der Waals surface area contributed by atoms with E-state index >= 15 is 0 Å². The van der Waals surface area contributed by atoms with Crippen LogP contribution in [0.4, 0.5) is 0 Å². The number of hydrogen-bond acceptors (Lipinski definition) is 4. The van der Waals surface area contributed by atoms with Gasteiger partial charge in [-0.15, -0.1) is 0 Å². The second-order valence-corrected chi connectivity index (χ2v) is 6.37. The van der Waals surface area contributed by atoms with E-state index in [0.29, 0.717) is 10.8 Å². The zero-order valence-corrected chi connectivity index (χ0v) is 15.0. The SMILES string of the molecule is CCCC(C)C(=O)NNC(=O)c1nn(C(C)C)c(=O)c2ccccc12. The number of nitrogens with one attached hydrogen (secondary N) is 2. The highest BCUT2D eigenvalue weighted by atomic mass is 16.2. The maximum Gasteiger partial charge on any atom is 0.290 e. The topological polar surface area (TPSA) is 93.1 Å². The Hall–Kier alpha value is -2.70. The third-order valence-electron chi connectivity index (χ3n) is 4.00. The monoisotopic (exact) mass is 344 g/mol. The molecule has 0 saturated carbocycles. The minimum Gasteiger partial charge on any atom is -0.273 e. The van der Waals surface area contributed by atoms with Crippen LogP contribution in [-0.4, -0.2) is 21.6 Å². The van der Waals surface area contributed by atoms with Gasteiger partial charge >= 0.3 is 0 Å². The number of aromatic nitrogens is 2. The molecule has 1 aromatic carbocycles. The second kappa shape index (κ2) is 7.92. The molecule has 0 aliphatic carbocycles. The molecule has 0 bridgehead atoms. The van der Waals surface area contributed by atoms with Crippen molar-refractivity contribution in [2.24, 2.45) is 5.92 Å². The van der Waals surface area contributed by atoms with Gasteiger partial charge in [-0.25, -0.2) is 4.68 Å². The third kappa shape index (κ3) is 4.04. The summed E-state index contributed by atoms with van der Waals surface area (Å²) in [5.41, 5.74) is 4.68. The molecule has 2 rings (SSSR count). The molecule has 2 amide bonds. The zero-order chi connectivity index (χ0) is 18.6. The molecule has 0 radical (unpaired) electrons. The molecular formula is C18H24N4O3. The Morgan fingerprint density at radius 3 is 2.36 bits per heavy atom. The van der Waals surface area contributed by atoms with Gasteiger partial charge in [-0.2, -0.15) is 5.10 Å². The fourth-order valence-electron chi connectivity index (χ4n) is 2.59. The summed E-state index contributed by atoms with van der Waals surface area (Å²) < 4.78 is 1.28.